The van der Waals surface area contributed by atoms with Crippen molar-refractivity contribution in [1.29, 1.82) is 0 Å². The Hall–Kier alpha value is -4.36. The Balaban J connectivity index is 1.71. The number of amides is 2. The molecule has 0 fully saturated rings. The third-order valence-corrected chi connectivity index (χ3v) is 7.16. The van der Waals surface area contributed by atoms with E-state index in [4.69, 9.17) is 15.2 Å². The zero-order valence-electron chi connectivity index (χ0n) is 23.0. The molecule has 5 N–H and O–H groups in total. The number of pyridine rings is 2. The van der Waals surface area contributed by atoms with Gasteiger partial charge in [0.05, 0.1) is 41.2 Å². The summed E-state index contributed by atoms with van der Waals surface area (Å²) < 4.78 is 27.0. The lowest BCUT2D eigenvalue weighted by Crippen LogP contribution is -2.44. The predicted molar refractivity (Wildman–Crippen MR) is 145 cm³/mol. The largest absolute Gasteiger partial charge is 0.458 e. The lowest BCUT2D eigenvalue weighted by molar-refractivity contribution is -0.172. The van der Waals surface area contributed by atoms with Crippen LogP contribution in [0, 0.1) is 5.82 Å². The van der Waals surface area contributed by atoms with Gasteiger partial charge in [0.1, 0.15) is 18.0 Å². The van der Waals surface area contributed by atoms with Crippen LogP contribution in [0.15, 0.2) is 23.0 Å². The summed E-state index contributed by atoms with van der Waals surface area (Å²) in [6.07, 6.45) is -0.713. The fourth-order valence-corrected chi connectivity index (χ4v) is 5.16. The fraction of sp³-hybridized carbons (Fsp3) is 0.393. The number of hydrogen-bond donors (Lipinski definition) is 4. The van der Waals surface area contributed by atoms with E-state index in [1.54, 1.807) is 33.8 Å². The van der Waals surface area contributed by atoms with Crippen LogP contribution in [0.1, 0.15) is 56.4 Å². The number of fused-ring (bicyclic) bond motifs is 5. The molecule has 2 aromatic heterocycles. The highest BCUT2D eigenvalue weighted by atomic mass is 19.1. The number of carbonyl (C=O) groups is 3. The molecule has 2 aliphatic heterocycles. The minimum atomic E-state index is -2.01. The molecule has 2 amide bonds. The van der Waals surface area contributed by atoms with Gasteiger partial charge in [0, 0.05) is 29.1 Å². The Morgan fingerprint density at radius 1 is 1.24 bits per heavy atom. The zero-order chi connectivity index (χ0) is 29.9. The van der Waals surface area contributed by atoms with Crippen LogP contribution < -0.4 is 21.9 Å². The summed E-state index contributed by atoms with van der Waals surface area (Å²) in [7, 11) is 0. The molecule has 216 valence electrons. The first kappa shape index (κ1) is 28.2. The second kappa shape index (κ2) is 9.93. The number of aromatic nitrogens is 2. The van der Waals surface area contributed by atoms with Crippen molar-refractivity contribution in [3.8, 4) is 11.4 Å². The van der Waals surface area contributed by atoms with E-state index in [2.05, 4.69) is 15.6 Å². The number of ether oxygens (including phenoxy) is 2. The molecule has 0 spiro atoms. The number of nitrogens with two attached hydrogens (primary N) is 1. The number of halogens is 1. The van der Waals surface area contributed by atoms with Crippen LogP contribution in [-0.4, -0.2) is 44.8 Å². The normalized spacial score (nSPS) is 17.4. The quantitative estimate of drug-likeness (QED) is 0.263. The Morgan fingerprint density at radius 3 is 2.63 bits per heavy atom. The molecule has 3 aromatic rings. The molecule has 2 aliphatic rings. The van der Waals surface area contributed by atoms with Crippen molar-refractivity contribution < 1.29 is 33.4 Å². The van der Waals surface area contributed by atoms with Crippen molar-refractivity contribution in [1.82, 2.24) is 14.9 Å². The Labute approximate surface area is 233 Å². The standard InChI is InChI=1S/C28H30FN5O7/c1-5-28(39)17-7-21-23-15(11-34(21)24(36)16(17)12-40-25(28)37)14(10-31-26(38)41-27(2,3)4)13-6-20(32-22(35)9-30)18(29)8-19(13)33-23/h6-8,39H,5,9-12,30H2,1-4H3,(H,31,38)(H,32,35)/t28-/m0/s1. The van der Waals surface area contributed by atoms with Crippen LogP contribution >= 0.6 is 0 Å². The number of alkyl carbamates (subject to hydrolysis) is 1. The molecule has 0 bridgehead atoms. The van der Waals surface area contributed by atoms with E-state index in [-0.39, 0.29) is 55.0 Å². The molecule has 12 nitrogen and oxygen atoms in total. The van der Waals surface area contributed by atoms with Crippen molar-refractivity contribution in [3.05, 3.63) is 56.6 Å². The van der Waals surface area contributed by atoms with Gasteiger partial charge in [0.25, 0.3) is 5.56 Å². The van der Waals surface area contributed by atoms with Gasteiger partial charge in [-0.15, -0.1) is 0 Å². The first-order chi connectivity index (χ1) is 19.3. The van der Waals surface area contributed by atoms with Crippen molar-refractivity contribution in [3.63, 3.8) is 0 Å². The summed E-state index contributed by atoms with van der Waals surface area (Å²) in [5.74, 6) is -2.21. The third kappa shape index (κ3) is 4.80. The zero-order valence-corrected chi connectivity index (χ0v) is 23.0. The van der Waals surface area contributed by atoms with E-state index < -0.39 is 40.5 Å². The van der Waals surface area contributed by atoms with E-state index >= 15 is 4.39 Å². The van der Waals surface area contributed by atoms with Crippen molar-refractivity contribution in [2.45, 2.75) is 65.0 Å². The van der Waals surface area contributed by atoms with Crippen LogP contribution in [0.5, 0.6) is 0 Å². The summed E-state index contributed by atoms with van der Waals surface area (Å²) >= 11 is 0. The first-order valence-electron chi connectivity index (χ1n) is 13.1. The van der Waals surface area contributed by atoms with E-state index in [1.807, 2.05) is 0 Å². The molecule has 4 heterocycles. The highest BCUT2D eigenvalue weighted by Crippen LogP contribution is 2.40. The molecule has 13 heteroatoms. The number of benzene rings is 1. The summed E-state index contributed by atoms with van der Waals surface area (Å²) in [6, 6.07) is 4.08. The van der Waals surface area contributed by atoms with Gasteiger partial charge < -0.3 is 35.5 Å². The maximum absolute atomic E-state index is 15.1. The molecule has 0 aliphatic carbocycles. The van der Waals surface area contributed by atoms with Gasteiger partial charge in [0.2, 0.25) is 5.91 Å². The summed E-state index contributed by atoms with van der Waals surface area (Å²) in [5.41, 5.74) is 4.24. The Bertz CT molecular complexity index is 1690. The molecule has 0 saturated heterocycles. The third-order valence-electron chi connectivity index (χ3n) is 7.16. The average Bonchev–Trinajstić information content (AvgIpc) is 3.27. The second-order valence-electron chi connectivity index (χ2n) is 11.0. The Morgan fingerprint density at radius 2 is 1.98 bits per heavy atom. The number of carbonyl (C=O) groups excluding carboxylic acids is 3. The molecule has 5 rings (SSSR count). The molecule has 0 saturated carbocycles. The van der Waals surface area contributed by atoms with Gasteiger partial charge in [-0.1, -0.05) is 6.92 Å². The number of nitrogens with one attached hydrogen (secondary N) is 2. The van der Waals surface area contributed by atoms with E-state index in [9.17, 15) is 24.3 Å². The van der Waals surface area contributed by atoms with E-state index in [0.717, 1.165) is 6.07 Å². The number of cyclic esters (lactones) is 1. The molecular formula is C28H30FN5O7. The highest BCUT2D eigenvalue weighted by molar-refractivity contribution is 5.97. The average molecular weight is 568 g/mol. The molecule has 41 heavy (non-hydrogen) atoms. The summed E-state index contributed by atoms with van der Waals surface area (Å²) in [4.78, 5) is 55.2. The summed E-state index contributed by atoms with van der Waals surface area (Å²) in [6.45, 7) is 6.09. The van der Waals surface area contributed by atoms with E-state index in [0.29, 0.717) is 27.9 Å². The number of anilines is 1. The first-order valence-corrected chi connectivity index (χ1v) is 13.1. The predicted octanol–water partition coefficient (Wildman–Crippen LogP) is 2.14. The van der Waals surface area contributed by atoms with Gasteiger partial charge in [-0.2, -0.15) is 0 Å². The second-order valence-corrected chi connectivity index (χ2v) is 11.0. The monoisotopic (exact) mass is 567 g/mol. The summed E-state index contributed by atoms with van der Waals surface area (Å²) in [5, 5.41) is 16.7. The Kier molecular flexibility index (Phi) is 6.82. The molecule has 0 unspecified atom stereocenters. The lowest BCUT2D eigenvalue weighted by Gasteiger charge is -2.31. The lowest BCUT2D eigenvalue weighted by atomic mass is 9.86. The number of hydrogen-bond acceptors (Lipinski definition) is 9. The molecule has 1 aromatic carbocycles. The van der Waals surface area contributed by atoms with Crippen molar-refractivity contribution in [2.75, 3.05) is 11.9 Å². The van der Waals surface area contributed by atoms with Crippen molar-refractivity contribution in [2.24, 2.45) is 5.73 Å². The van der Waals surface area contributed by atoms with Crippen LogP contribution in [0.25, 0.3) is 22.3 Å². The van der Waals surface area contributed by atoms with Gasteiger partial charge in [-0.25, -0.2) is 19.0 Å². The van der Waals surface area contributed by atoms with Gasteiger partial charge in [-0.05, 0) is 44.9 Å². The number of rotatable bonds is 5. The number of aliphatic hydroxyl groups is 1. The van der Waals surface area contributed by atoms with Crippen LogP contribution in [0.2, 0.25) is 0 Å². The molecular weight excluding hydrogens is 537 g/mol. The van der Waals surface area contributed by atoms with Crippen LogP contribution in [0.4, 0.5) is 14.9 Å². The fourth-order valence-electron chi connectivity index (χ4n) is 5.16. The molecule has 1 atom stereocenters. The topological polar surface area (TPSA) is 175 Å². The maximum Gasteiger partial charge on any atom is 0.407 e. The van der Waals surface area contributed by atoms with Gasteiger partial charge in [-0.3, -0.25) is 9.59 Å². The number of esters is 1. The smallest absolute Gasteiger partial charge is 0.407 e. The van der Waals surface area contributed by atoms with Crippen molar-refractivity contribution >= 4 is 34.6 Å². The minimum absolute atomic E-state index is 0.0205. The van der Waals surface area contributed by atoms with Gasteiger partial charge in [0.15, 0.2) is 5.60 Å². The van der Waals surface area contributed by atoms with Crippen LogP contribution in [-0.2, 0) is 44.4 Å². The number of nitrogens with zero attached hydrogens (tertiary/aromatic N) is 2. The van der Waals surface area contributed by atoms with E-state index in [1.165, 1.54) is 10.6 Å². The minimum Gasteiger partial charge on any atom is -0.458 e. The highest BCUT2D eigenvalue weighted by Gasteiger charge is 2.45. The molecule has 0 radical (unpaired) electrons. The maximum atomic E-state index is 15.1. The van der Waals surface area contributed by atoms with Gasteiger partial charge >= 0.3 is 12.1 Å². The SMILES string of the molecule is CC[C@@]1(O)C(=O)OCc2c1cc1n(c2=O)Cc2c-1nc1cc(F)c(NC(=O)CN)cc1c2CNC(=O)OC(C)(C)C. The van der Waals surface area contributed by atoms with Crippen LogP contribution in [0.3, 0.4) is 0 Å².